The normalized spacial score (nSPS) is 15.0. The van der Waals surface area contributed by atoms with Gasteiger partial charge in [-0.05, 0) is 32.0 Å². The molecule has 2 aromatic rings. The zero-order chi connectivity index (χ0) is 14.8. The lowest BCUT2D eigenvalue weighted by atomic mass is 10.0. The molecule has 1 N–H and O–H groups in total. The number of aromatic nitrogens is 2. The third kappa shape index (κ3) is 3.09. The molecular weight excluding hydrogens is 280 g/mol. The average Bonchev–Trinajstić information content (AvgIpc) is 2.93. The van der Waals surface area contributed by atoms with E-state index in [2.05, 4.69) is 42.6 Å². The van der Waals surface area contributed by atoms with E-state index in [1.807, 2.05) is 0 Å². The number of anilines is 1. The van der Waals surface area contributed by atoms with Crippen LogP contribution >= 0.6 is 11.3 Å². The van der Waals surface area contributed by atoms with E-state index in [0.29, 0.717) is 0 Å². The molecule has 0 saturated heterocycles. The molecule has 0 fully saturated rings. The Balaban J connectivity index is 1.91. The first-order valence-electron chi connectivity index (χ1n) is 7.55. The van der Waals surface area contributed by atoms with Crippen molar-refractivity contribution in [3.63, 3.8) is 0 Å². The number of pyridine rings is 1. The smallest absolute Gasteiger partial charge is 0.183 e. The Kier molecular flexibility index (Phi) is 4.22. The summed E-state index contributed by atoms with van der Waals surface area (Å²) in [5, 5.41) is 6.48. The summed E-state index contributed by atoms with van der Waals surface area (Å²) < 4.78 is 0. The SMILES string of the molecule is CCCNc1nc(-c2cc3c(nc2C)CCN(C)C3)cs1. The van der Waals surface area contributed by atoms with Gasteiger partial charge in [-0.1, -0.05) is 6.92 Å². The number of fused-ring (bicyclic) bond motifs is 1. The Labute approximate surface area is 130 Å². The third-order valence-electron chi connectivity index (χ3n) is 3.86. The molecule has 1 aliphatic rings. The van der Waals surface area contributed by atoms with E-state index in [-0.39, 0.29) is 0 Å². The standard InChI is InChI=1S/C16H22N4S/c1-4-6-17-16-19-15(10-21-16)13-8-12-9-20(3)7-5-14(12)18-11(13)2/h8,10H,4-7,9H2,1-3H3,(H,17,19). The summed E-state index contributed by atoms with van der Waals surface area (Å²) >= 11 is 1.67. The lowest BCUT2D eigenvalue weighted by Gasteiger charge is -2.25. The summed E-state index contributed by atoms with van der Waals surface area (Å²) in [5.41, 5.74) is 5.91. The van der Waals surface area contributed by atoms with Crippen molar-refractivity contribution in [2.45, 2.75) is 33.2 Å². The minimum atomic E-state index is 0.971. The molecule has 2 aromatic heterocycles. The topological polar surface area (TPSA) is 41.1 Å². The molecule has 0 amide bonds. The van der Waals surface area contributed by atoms with E-state index in [1.165, 1.54) is 16.8 Å². The van der Waals surface area contributed by atoms with Crippen LogP contribution in [-0.2, 0) is 13.0 Å². The van der Waals surface area contributed by atoms with Crippen molar-refractivity contribution >= 4 is 16.5 Å². The molecule has 0 saturated carbocycles. The summed E-state index contributed by atoms with van der Waals surface area (Å²) in [7, 11) is 2.16. The maximum atomic E-state index is 4.81. The molecule has 4 nitrogen and oxygen atoms in total. The first kappa shape index (κ1) is 14.5. The van der Waals surface area contributed by atoms with Gasteiger partial charge in [0.15, 0.2) is 5.13 Å². The van der Waals surface area contributed by atoms with Gasteiger partial charge in [0.2, 0.25) is 0 Å². The van der Waals surface area contributed by atoms with Gasteiger partial charge in [0.1, 0.15) is 0 Å². The van der Waals surface area contributed by atoms with Gasteiger partial charge in [-0.2, -0.15) is 0 Å². The van der Waals surface area contributed by atoms with Crippen LogP contribution in [0.4, 0.5) is 5.13 Å². The summed E-state index contributed by atoms with van der Waals surface area (Å²) in [4.78, 5) is 11.9. The van der Waals surface area contributed by atoms with Crippen LogP contribution in [0.3, 0.4) is 0 Å². The average molecular weight is 302 g/mol. The molecule has 21 heavy (non-hydrogen) atoms. The first-order valence-corrected chi connectivity index (χ1v) is 8.43. The van der Waals surface area contributed by atoms with Crippen LogP contribution < -0.4 is 5.32 Å². The van der Waals surface area contributed by atoms with Crippen molar-refractivity contribution in [1.29, 1.82) is 0 Å². The molecule has 5 heteroatoms. The summed E-state index contributed by atoms with van der Waals surface area (Å²) in [6, 6.07) is 2.28. The number of thiazole rings is 1. The van der Waals surface area contributed by atoms with Crippen LogP contribution in [0.15, 0.2) is 11.4 Å². The van der Waals surface area contributed by atoms with E-state index >= 15 is 0 Å². The number of hydrogen-bond donors (Lipinski definition) is 1. The largest absolute Gasteiger partial charge is 0.362 e. The number of rotatable bonds is 4. The Bertz CT molecular complexity index is 635. The molecule has 3 heterocycles. The van der Waals surface area contributed by atoms with Gasteiger partial charge in [0.25, 0.3) is 0 Å². The van der Waals surface area contributed by atoms with Gasteiger partial charge in [-0.15, -0.1) is 11.3 Å². The monoisotopic (exact) mass is 302 g/mol. The van der Waals surface area contributed by atoms with Crippen LogP contribution in [0, 0.1) is 6.92 Å². The Morgan fingerprint density at radius 1 is 1.38 bits per heavy atom. The van der Waals surface area contributed by atoms with E-state index in [0.717, 1.165) is 49.0 Å². The van der Waals surface area contributed by atoms with Crippen LogP contribution in [0.25, 0.3) is 11.3 Å². The number of aryl methyl sites for hydroxylation is 1. The molecule has 0 aliphatic carbocycles. The fourth-order valence-electron chi connectivity index (χ4n) is 2.69. The van der Waals surface area contributed by atoms with Gasteiger partial charge in [0, 0.05) is 48.4 Å². The summed E-state index contributed by atoms with van der Waals surface area (Å²) in [6.45, 7) is 7.31. The van der Waals surface area contributed by atoms with Crippen molar-refractivity contribution in [3.8, 4) is 11.3 Å². The minimum Gasteiger partial charge on any atom is -0.362 e. The molecule has 3 rings (SSSR count). The number of hydrogen-bond acceptors (Lipinski definition) is 5. The van der Waals surface area contributed by atoms with Gasteiger partial charge < -0.3 is 10.2 Å². The molecule has 0 spiro atoms. The molecule has 1 aliphatic heterocycles. The highest BCUT2D eigenvalue weighted by molar-refractivity contribution is 7.14. The fourth-order valence-corrected chi connectivity index (χ4v) is 3.43. The zero-order valence-corrected chi connectivity index (χ0v) is 13.8. The highest BCUT2D eigenvalue weighted by Crippen LogP contribution is 2.29. The second-order valence-electron chi connectivity index (χ2n) is 5.68. The van der Waals surface area contributed by atoms with Gasteiger partial charge in [0.05, 0.1) is 5.69 Å². The fraction of sp³-hybridized carbons (Fsp3) is 0.500. The summed E-state index contributed by atoms with van der Waals surface area (Å²) in [6.07, 6.45) is 2.16. The Hall–Kier alpha value is -1.46. The maximum Gasteiger partial charge on any atom is 0.183 e. The third-order valence-corrected chi connectivity index (χ3v) is 4.66. The zero-order valence-electron chi connectivity index (χ0n) is 12.9. The predicted molar refractivity (Wildman–Crippen MR) is 88.9 cm³/mol. The number of nitrogens with zero attached hydrogens (tertiary/aromatic N) is 3. The molecular formula is C16H22N4S. The van der Waals surface area contributed by atoms with Crippen molar-refractivity contribution < 1.29 is 0 Å². The van der Waals surface area contributed by atoms with Gasteiger partial charge in [-0.25, -0.2) is 4.98 Å². The van der Waals surface area contributed by atoms with Crippen LogP contribution in [0.2, 0.25) is 0 Å². The van der Waals surface area contributed by atoms with Crippen molar-refractivity contribution in [2.24, 2.45) is 0 Å². The van der Waals surface area contributed by atoms with Gasteiger partial charge in [-0.3, -0.25) is 4.98 Å². The van der Waals surface area contributed by atoms with Crippen LogP contribution in [0.5, 0.6) is 0 Å². The second-order valence-corrected chi connectivity index (χ2v) is 6.54. The lowest BCUT2D eigenvalue weighted by molar-refractivity contribution is 0.310. The summed E-state index contributed by atoms with van der Waals surface area (Å²) in [5.74, 6) is 0. The lowest BCUT2D eigenvalue weighted by Crippen LogP contribution is -2.27. The number of likely N-dealkylation sites (N-methyl/N-ethyl adjacent to an activating group) is 1. The maximum absolute atomic E-state index is 4.81. The number of nitrogens with one attached hydrogen (secondary N) is 1. The minimum absolute atomic E-state index is 0.971. The predicted octanol–water partition coefficient (Wildman–Crippen LogP) is 3.32. The van der Waals surface area contributed by atoms with Crippen LogP contribution in [-0.4, -0.2) is 35.0 Å². The van der Waals surface area contributed by atoms with E-state index in [9.17, 15) is 0 Å². The molecule has 0 bridgehead atoms. The molecule has 112 valence electrons. The van der Waals surface area contributed by atoms with E-state index < -0.39 is 0 Å². The van der Waals surface area contributed by atoms with Crippen molar-refractivity contribution in [1.82, 2.24) is 14.9 Å². The van der Waals surface area contributed by atoms with Crippen LogP contribution in [0.1, 0.15) is 30.3 Å². The van der Waals surface area contributed by atoms with Crippen molar-refractivity contribution in [2.75, 3.05) is 25.5 Å². The van der Waals surface area contributed by atoms with E-state index in [1.54, 1.807) is 11.3 Å². The Morgan fingerprint density at radius 3 is 3.05 bits per heavy atom. The molecule has 0 atom stereocenters. The highest BCUT2D eigenvalue weighted by Gasteiger charge is 2.18. The quantitative estimate of drug-likeness (QED) is 0.940. The molecule has 0 aromatic carbocycles. The van der Waals surface area contributed by atoms with Gasteiger partial charge >= 0.3 is 0 Å². The second kappa shape index (κ2) is 6.12. The Morgan fingerprint density at radius 2 is 2.24 bits per heavy atom. The molecule has 0 radical (unpaired) electrons. The highest BCUT2D eigenvalue weighted by atomic mass is 32.1. The van der Waals surface area contributed by atoms with Crippen molar-refractivity contribution in [3.05, 3.63) is 28.4 Å². The first-order chi connectivity index (χ1) is 10.2. The van der Waals surface area contributed by atoms with E-state index in [4.69, 9.17) is 9.97 Å². The molecule has 0 unspecified atom stereocenters.